The number of hydrogen-bond acceptors (Lipinski definition) is 4. The standard InChI is InChI=1S/C13H18BrN3O3/c1-17(13(19)10-4-5-11(14)20-10)8-12(18)16-9-3-2-6-15-7-9/h4-5,9,15H,2-3,6-8H2,1H3,(H,16,18)/t9-/m0/s1. The molecule has 1 fully saturated rings. The summed E-state index contributed by atoms with van der Waals surface area (Å²) in [5.41, 5.74) is 0. The molecule has 1 aliphatic rings. The summed E-state index contributed by atoms with van der Waals surface area (Å²) < 4.78 is 5.67. The molecular weight excluding hydrogens is 326 g/mol. The van der Waals surface area contributed by atoms with E-state index in [2.05, 4.69) is 26.6 Å². The number of halogens is 1. The van der Waals surface area contributed by atoms with Crippen LogP contribution >= 0.6 is 15.9 Å². The van der Waals surface area contributed by atoms with Gasteiger partial charge in [-0.05, 0) is 47.4 Å². The Kier molecular flexibility index (Phi) is 5.19. The maximum absolute atomic E-state index is 12.0. The maximum atomic E-state index is 12.0. The van der Waals surface area contributed by atoms with Gasteiger partial charge < -0.3 is 20.0 Å². The number of carbonyl (C=O) groups excluding carboxylic acids is 2. The predicted molar refractivity (Wildman–Crippen MR) is 77.4 cm³/mol. The first-order valence-electron chi connectivity index (χ1n) is 6.57. The third-order valence-corrected chi connectivity index (χ3v) is 3.60. The molecule has 7 heteroatoms. The number of amides is 2. The number of carbonyl (C=O) groups is 2. The quantitative estimate of drug-likeness (QED) is 0.854. The largest absolute Gasteiger partial charge is 0.444 e. The van der Waals surface area contributed by atoms with Crippen molar-refractivity contribution in [1.29, 1.82) is 0 Å². The fourth-order valence-electron chi connectivity index (χ4n) is 2.15. The van der Waals surface area contributed by atoms with Gasteiger partial charge in [0, 0.05) is 19.6 Å². The van der Waals surface area contributed by atoms with Crippen molar-refractivity contribution in [2.45, 2.75) is 18.9 Å². The van der Waals surface area contributed by atoms with E-state index in [1.165, 1.54) is 4.90 Å². The monoisotopic (exact) mass is 343 g/mol. The van der Waals surface area contributed by atoms with Gasteiger partial charge in [-0.1, -0.05) is 0 Å². The van der Waals surface area contributed by atoms with Crippen molar-refractivity contribution in [3.63, 3.8) is 0 Å². The highest BCUT2D eigenvalue weighted by Gasteiger charge is 2.20. The van der Waals surface area contributed by atoms with Gasteiger partial charge in [-0.3, -0.25) is 9.59 Å². The highest BCUT2D eigenvalue weighted by atomic mass is 79.9. The second-order valence-corrected chi connectivity index (χ2v) is 5.66. The van der Waals surface area contributed by atoms with Crippen LogP contribution in [0.4, 0.5) is 0 Å². The average molecular weight is 344 g/mol. The number of piperidine rings is 1. The van der Waals surface area contributed by atoms with Crippen LogP contribution in [0.2, 0.25) is 0 Å². The molecule has 2 N–H and O–H groups in total. The SMILES string of the molecule is CN(CC(=O)N[C@H]1CCCNC1)C(=O)c1ccc(Br)o1. The van der Waals surface area contributed by atoms with Crippen molar-refractivity contribution in [1.82, 2.24) is 15.5 Å². The van der Waals surface area contributed by atoms with Gasteiger partial charge in [0.05, 0.1) is 6.54 Å². The lowest BCUT2D eigenvalue weighted by atomic mass is 10.1. The van der Waals surface area contributed by atoms with Gasteiger partial charge in [0.25, 0.3) is 5.91 Å². The molecule has 6 nitrogen and oxygen atoms in total. The summed E-state index contributed by atoms with van der Waals surface area (Å²) in [6.07, 6.45) is 2.03. The lowest BCUT2D eigenvalue weighted by Gasteiger charge is -2.25. The van der Waals surface area contributed by atoms with E-state index in [1.54, 1.807) is 19.2 Å². The molecule has 0 bridgehead atoms. The lowest BCUT2D eigenvalue weighted by Crippen LogP contribution is -2.48. The fraction of sp³-hybridized carbons (Fsp3) is 0.538. The van der Waals surface area contributed by atoms with Gasteiger partial charge in [0.2, 0.25) is 5.91 Å². The van der Waals surface area contributed by atoms with Crippen LogP contribution in [0.15, 0.2) is 21.2 Å². The Morgan fingerprint density at radius 1 is 1.55 bits per heavy atom. The van der Waals surface area contributed by atoms with Crippen molar-refractivity contribution >= 4 is 27.7 Å². The van der Waals surface area contributed by atoms with Crippen LogP contribution in [-0.4, -0.2) is 49.4 Å². The molecule has 1 aliphatic heterocycles. The summed E-state index contributed by atoms with van der Waals surface area (Å²) in [5.74, 6) is -0.251. The highest BCUT2D eigenvalue weighted by Crippen LogP contribution is 2.15. The molecule has 110 valence electrons. The Bertz CT molecular complexity index is 483. The summed E-state index contributed by atoms with van der Waals surface area (Å²) in [6.45, 7) is 1.81. The molecule has 0 radical (unpaired) electrons. The van der Waals surface area contributed by atoms with Gasteiger partial charge in [0.1, 0.15) is 0 Å². The molecule has 1 atom stereocenters. The van der Waals surface area contributed by atoms with Gasteiger partial charge in [-0.25, -0.2) is 0 Å². The Balaban J connectivity index is 1.82. The van der Waals surface area contributed by atoms with Crippen molar-refractivity contribution in [3.05, 3.63) is 22.6 Å². The molecule has 0 unspecified atom stereocenters. The molecule has 2 rings (SSSR count). The minimum absolute atomic E-state index is 0.0215. The van der Waals surface area contributed by atoms with E-state index in [-0.39, 0.29) is 30.2 Å². The average Bonchev–Trinajstić information content (AvgIpc) is 2.85. The zero-order valence-electron chi connectivity index (χ0n) is 11.3. The molecule has 0 spiro atoms. The molecular formula is C13H18BrN3O3. The number of hydrogen-bond donors (Lipinski definition) is 2. The normalized spacial score (nSPS) is 18.6. The highest BCUT2D eigenvalue weighted by molar-refractivity contribution is 9.10. The fourth-order valence-corrected chi connectivity index (χ4v) is 2.46. The van der Waals surface area contributed by atoms with Crippen molar-refractivity contribution < 1.29 is 14.0 Å². The zero-order chi connectivity index (χ0) is 14.5. The molecule has 0 saturated carbocycles. The summed E-state index contributed by atoms with van der Waals surface area (Å²) in [6, 6.07) is 3.37. The van der Waals surface area contributed by atoms with Gasteiger partial charge in [-0.15, -0.1) is 0 Å². The minimum Gasteiger partial charge on any atom is -0.444 e. The Labute approximate surface area is 126 Å². The third-order valence-electron chi connectivity index (χ3n) is 3.17. The number of likely N-dealkylation sites (N-methyl/N-ethyl adjacent to an activating group) is 1. The van der Waals surface area contributed by atoms with E-state index < -0.39 is 0 Å². The number of furan rings is 1. The zero-order valence-corrected chi connectivity index (χ0v) is 12.9. The van der Waals surface area contributed by atoms with E-state index in [4.69, 9.17) is 4.42 Å². The second-order valence-electron chi connectivity index (χ2n) is 4.88. The molecule has 20 heavy (non-hydrogen) atoms. The summed E-state index contributed by atoms with van der Waals surface area (Å²) >= 11 is 3.14. The number of nitrogens with one attached hydrogen (secondary N) is 2. The van der Waals surface area contributed by atoms with Crippen molar-refractivity contribution in [2.24, 2.45) is 0 Å². The van der Waals surface area contributed by atoms with Crippen LogP contribution in [0.3, 0.4) is 0 Å². The number of rotatable bonds is 4. The van der Waals surface area contributed by atoms with E-state index in [1.807, 2.05) is 0 Å². The Morgan fingerprint density at radius 3 is 2.95 bits per heavy atom. The van der Waals surface area contributed by atoms with E-state index in [0.717, 1.165) is 25.9 Å². The molecule has 0 aliphatic carbocycles. The third kappa shape index (κ3) is 4.08. The van der Waals surface area contributed by atoms with Crippen LogP contribution in [-0.2, 0) is 4.79 Å². The second kappa shape index (κ2) is 6.90. The smallest absolute Gasteiger partial charge is 0.289 e. The first-order valence-corrected chi connectivity index (χ1v) is 7.36. The van der Waals surface area contributed by atoms with Crippen LogP contribution < -0.4 is 10.6 Å². The van der Waals surface area contributed by atoms with Crippen LogP contribution in [0.1, 0.15) is 23.4 Å². The van der Waals surface area contributed by atoms with E-state index in [9.17, 15) is 9.59 Å². The first kappa shape index (κ1) is 15.1. The van der Waals surface area contributed by atoms with Crippen LogP contribution in [0.5, 0.6) is 0 Å². The summed E-state index contributed by atoms with van der Waals surface area (Å²) in [4.78, 5) is 25.2. The predicted octanol–water partition coefficient (Wildman–Crippen LogP) is 0.982. The van der Waals surface area contributed by atoms with E-state index >= 15 is 0 Å². The van der Waals surface area contributed by atoms with Crippen LogP contribution in [0, 0.1) is 0 Å². The van der Waals surface area contributed by atoms with Gasteiger partial charge in [-0.2, -0.15) is 0 Å². The van der Waals surface area contributed by atoms with Gasteiger partial charge >= 0.3 is 0 Å². The molecule has 1 aromatic heterocycles. The van der Waals surface area contributed by atoms with Gasteiger partial charge in [0.15, 0.2) is 10.4 Å². The Hall–Kier alpha value is -1.34. The van der Waals surface area contributed by atoms with Crippen molar-refractivity contribution in [2.75, 3.05) is 26.7 Å². The Morgan fingerprint density at radius 2 is 2.35 bits per heavy atom. The summed E-state index contributed by atoms with van der Waals surface area (Å²) in [5, 5.41) is 6.16. The maximum Gasteiger partial charge on any atom is 0.289 e. The van der Waals surface area contributed by atoms with E-state index in [0.29, 0.717) is 4.67 Å². The topological polar surface area (TPSA) is 74.6 Å². The molecule has 1 aromatic rings. The minimum atomic E-state index is -0.312. The number of nitrogens with zero attached hydrogens (tertiary/aromatic N) is 1. The first-order chi connectivity index (χ1) is 9.56. The molecule has 0 aromatic carbocycles. The molecule has 2 amide bonds. The molecule has 1 saturated heterocycles. The summed E-state index contributed by atoms with van der Waals surface area (Å²) in [7, 11) is 1.58. The van der Waals surface area contributed by atoms with Crippen molar-refractivity contribution in [3.8, 4) is 0 Å². The lowest BCUT2D eigenvalue weighted by molar-refractivity contribution is -0.122. The molecule has 2 heterocycles. The van der Waals surface area contributed by atoms with Crippen LogP contribution in [0.25, 0.3) is 0 Å².